The predicted octanol–water partition coefficient (Wildman–Crippen LogP) is 2.84. The molecule has 2 aromatic carbocycles. The van der Waals surface area contributed by atoms with Crippen LogP contribution < -0.4 is 20.3 Å². The number of benzene rings is 2. The van der Waals surface area contributed by atoms with Crippen LogP contribution in [0.25, 0.3) is 0 Å². The second kappa shape index (κ2) is 9.57. The van der Waals surface area contributed by atoms with Gasteiger partial charge in [0, 0.05) is 12.1 Å². The lowest BCUT2D eigenvalue weighted by molar-refractivity contribution is -0.133. The number of rotatable bonds is 8. The third-order valence-corrected chi connectivity index (χ3v) is 5.03. The highest BCUT2D eigenvalue weighted by molar-refractivity contribution is 5.82. The van der Waals surface area contributed by atoms with Gasteiger partial charge in [-0.1, -0.05) is 30.3 Å². The van der Waals surface area contributed by atoms with Gasteiger partial charge in [-0.15, -0.1) is 0 Å². The number of amides is 1. The van der Waals surface area contributed by atoms with Gasteiger partial charge in [0.25, 0.3) is 0 Å². The van der Waals surface area contributed by atoms with Crippen molar-refractivity contribution in [3.8, 4) is 11.5 Å². The van der Waals surface area contributed by atoms with Crippen molar-refractivity contribution in [2.75, 3.05) is 26.8 Å². The molecule has 0 saturated carbocycles. The van der Waals surface area contributed by atoms with Crippen LogP contribution in [0.5, 0.6) is 11.5 Å². The summed E-state index contributed by atoms with van der Waals surface area (Å²) in [6.45, 7) is 5.70. The Bertz CT molecular complexity index is 796. The number of hydrazine groups is 1. The fraction of sp³-hybridized carbons (Fsp3) is 0.409. The molecule has 1 heterocycles. The average Bonchev–Trinajstić information content (AvgIpc) is 3.21. The van der Waals surface area contributed by atoms with Crippen LogP contribution in [0.4, 0.5) is 0 Å². The molecular weight excluding hydrogens is 354 g/mol. The minimum absolute atomic E-state index is 0.0346. The van der Waals surface area contributed by atoms with E-state index in [-0.39, 0.29) is 18.0 Å². The summed E-state index contributed by atoms with van der Waals surface area (Å²) in [4.78, 5) is 14.8. The molecule has 150 valence electrons. The van der Waals surface area contributed by atoms with Crippen molar-refractivity contribution in [1.29, 1.82) is 0 Å². The summed E-state index contributed by atoms with van der Waals surface area (Å²) >= 11 is 0. The maximum absolute atomic E-state index is 12.9. The van der Waals surface area contributed by atoms with E-state index in [0.29, 0.717) is 26.1 Å². The van der Waals surface area contributed by atoms with Gasteiger partial charge in [-0.25, -0.2) is 10.9 Å². The lowest BCUT2D eigenvalue weighted by Gasteiger charge is -2.24. The number of likely N-dealkylation sites (N-methyl/N-ethyl adjacent to an activating group) is 1. The number of carbonyl (C=O) groups is 1. The van der Waals surface area contributed by atoms with Gasteiger partial charge in [0.15, 0.2) is 0 Å². The lowest BCUT2D eigenvalue weighted by atomic mass is 10.0. The van der Waals surface area contributed by atoms with E-state index in [4.69, 9.17) is 9.47 Å². The van der Waals surface area contributed by atoms with Crippen molar-refractivity contribution in [2.24, 2.45) is 0 Å². The summed E-state index contributed by atoms with van der Waals surface area (Å²) in [6, 6.07) is 15.6. The summed E-state index contributed by atoms with van der Waals surface area (Å²) in [7, 11) is 1.66. The minimum atomic E-state index is -0.270. The van der Waals surface area contributed by atoms with Crippen LogP contribution in [0.2, 0.25) is 0 Å². The maximum Gasteiger partial charge on any atom is 0.241 e. The Morgan fingerprint density at radius 1 is 1.18 bits per heavy atom. The first kappa shape index (κ1) is 20.2. The number of para-hydroxylation sites is 1. The molecule has 2 unspecified atom stereocenters. The van der Waals surface area contributed by atoms with E-state index in [2.05, 4.69) is 10.9 Å². The van der Waals surface area contributed by atoms with Crippen LogP contribution in [-0.4, -0.2) is 43.7 Å². The standard InChI is InChI=1S/C22H29N3O3/c1-4-25(12-13-28-17-9-7-8-16(2)14-17)22(26)20-15-19(23-24-20)18-10-5-6-11-21(18)27-3/h5-11,14,19-20,23-24H,4,12-13,15H2,1-3H3. The Labute approximate surface area is 166 Å². The summed E-state index contributed by atoms with van der Waals surface area (Å²) < 4.78 is 11.3. The Morgan fingerprint density at radius 3 is 2.75 bits per heavy atom. The van der Waals surface area contributed by atoms with Crippen LogP contribution >= 0.6 is 0 Å². The number of carbonyl (C=O) groups excluding carboxylic acids is 1. The topological polar surface area (TPSA) is 62.8 Å². The van der Waals surface area contributed by atoms with Crippen molar-refractivity contribution < 1.29 is 14.3 Å². The van der Waals surface area contributed by atoms with Crippen LogP contribution in [-0.2, 0) is 4.79 Å². The molecular formula is C22H29N3O3. The Morgan fingerprint density at radius 2 is 2.00 bits per heavy atom. The highest BCUT2D eigenvalue weighted by atomic mass is 16.5. The van der Waals surface area contributed by atoms with Crippen molar-refractivity contribution in [1.82, 2.24) is 15.8 Å². The van der Waals surface area contributed by atoms with Gasteiger partial charge < -0.3 is 14.4 Å². The SMILES string of the molecule is CCN(CCOc1cccc(C)c1)C(=O)C1CC(c2ccccc2OC)NN1. The molecule has 28 heavy (non-hydrogen) atoms. The molecule has 0 spiro atoms. The van der Waals surface area contributed by atoms with Gasteiger partial charge >= 0.3 is 0 Å². The van der Waals surface area contributed by atoms with E-state index in [1.807, 2.05) is 67.3 Å². The third-order valence-electron chi connectivity index (χ3n) is 5.03. The van der Waals surface area contributed by atoms with E-state index in [1.54, 1.807) is 7.11 Å². The minimum Gasteiger partial charge on any atom is -0.496 e. The molecule has 1 amide bonds. The van der Waals surface area contributed by atoms with E-state index >= 15 is 0 Å². The molecule has 1 aliphatic rings. The number of nitrogens with zero attached hydrogens (tertiary/aromatic N) is 1. The van der Waals surface area contributed by atoms with Gasteiger partial charge in [-0.3, -0.25) is 4.79 Å². The predicted molar refractivity (Wildman–Crippen MR) is 109 cm³/mol. The summed E-state index contributed by atoms with van der Waals surface area (Å²) in [5.74, 6) is 1.74. The fourth-order valence-corrected chi connectivity index (χ4v) is 3.50. The van der Waals surface area contributed by atoms with E-state index in [1.165, 1.54) is 0 Å². The first-order valence-corrected chi connectivity index (χ1v) is 9.74. The summed E-state index contributed by atoms with van der Waals surface area (Å²) in [6.07, 6.45) is 0.675. The molecule has 0 aliphatic carbocycles. The number of aryl methyl sites for hydroxylation is 1. The average molecular weight is 383 g/mol. The van der Waals surface area contributed by atoms with E-state index < -0.39 is 0 Å². The first-order valence-electron chi connectivity index (χ1n) is 9.74. The Hall–Kier alpha value is -2.57. The molecule has 3 rings (SSSR count). The molecule has 0 radical (unpaired) electrons. The maximum atomic E-state index is 12.9. The molecule has 2 aromatic rings. The quantitative estimate of drug-likeness (QED) is 0.734. The van der Waals surface area contributed by atoms with Crippen molar-refractivity contribution in [2.45, 2.75) is 32.4 Å². The second-order valence-electron chi connectivity index (χ2n) is 6.95. The number of ether oxygens (including phenoxy) is 2. The third kappa shape index (κ3) is 4.82. The van der Waals surface area contributed by atoms with Crippen LogP contribution in [0.3, 0.4) is 0 Å². The zero-order chi connectivity index (χ0) is 19.9. The van der Waals surface area contributed by atoms with Crippen LogP contribution in [0, 0.1) is 6.92 Å². The van der Waals surface area contributed by atoms with Crippen molar-refractivity contribution in [3.05, 3.63) is 59.7 Å². The molecule has 6 nitrogen and oxygen atoms in total. The molecule has 0 bridgehead atoms. The normalized spacial score (nSPS) is 18.7. The molecule has 2 N–H and O–H groups in total. The number of hydrogen-bond donors (Lipinski definition) is 2. The number of nitrogens with one attached hydrogen (secondary N) is 2. The highest BCUT2D eigenvalue weighted by Crippen LogP contribution is 2.30. The molecule has 1 aliphatic heterocycles. The van der Waals surface area contributed by atoms with Gasteiger partial charge in [0.2, 0.25) is 5.91 Å². The van der Waals surface area contributed by atoms with Gasteiger partial charge in [-0.05, 0) is 44.0 Å². The van der Waals surface area contributed by atoms with E-state index in [0.717, 1.165) is 22.6 Å². The Balaban J connectivity index is 1.54. The van der Waals surface area contributed by atoms with Crippen molar-refractivity contribution >= 4 is 5.91 Å². The first-order chi connectivity index (χ1) is 13.6. The zero-order valence-corrected chi connectivity index (χ0v) is 16.8. The zero-order valence-electron chi connectivity index (χ0n) is 16.8. The van der Waals surface area contributed by atoms with Gasteiger partial charge in [-0.2, -0.15) is 0 Å². The number of hydrogen-bond acceptors (Lipinski definition) is 5. The van der Waals surface area contributed by atoms with E-state index in [9.17, 15) is 4.79 Å². The van der Waals surface area contributed by atoms with Gasteiger partial charge in [0.1, 0.15) is 24.1 Å². The number of methoxy groups -OCH3 is 1. The smallest absolute Gasteiger partial charge is 0.241 e. The Kier molecular flexibility index (Phi) is 6.90. The van der Waals surface area contributed by atoms with Crippen LogP contribution in [0.1, 0.15) is 30.5 Å². The highest BCUT2D eigenvalue weighted by Gasteiger charge is 2.33. The fourth-order valence-electron chi connectivity index (χ4n) is 3.50. The summed E-state index contributed by atoms with van der Waals surface area (Å²) in [5.41, 5.74) is 8.60. The monoisotopic (exact) mass is 383 g/mol. The molecule has 1 saturated heterocycles. The van der Waals surface area contributed by atoms with Gasteiger partial charge in [0.05, 0.1) is 19.7 Å². The lowest BCUT2D eigenvalue weighted by Crippen LogP contribution is -2.46. The molecule has 2 atom stereocenters. The molecule has 0 aromatic heterocycles. The summed E-state index contributed by atoms with van der Waals surface area (Å²) in [5, 5.41) is 0. The largest absolute Gasteiger partial charge is 0.496 e. The molecule has 1 fully saturated rings. The van der Waals surface area contributed by atoms with Crippen LogP contribution in [0.15, 0.2) is 48.5 Å². The molecule has 6 heteroatoms. The van der Waals surface area contributed by atoms with Crippen molar-refractivity contribution in [3.63, 3.8) is 0 Å². The second-order valence-corrected chi connectivity index (χ2v) is 6.95.